The Balaban J connectivity index is 2.07. The van der Waals surface area contributed by atoms with Crippen LogP contribution in [0.2, 0.25) is 0 Å². The molecule has 0 aliphatic carbocycles. The Kier molecular flexibility index (Phi) is 5.36. The molecule has 0 bridgehead atoms. The van der Waals surface area contributed by atoms with E-state index in [9.17, 15) is 30.1 Å². The molecule has 0 saturated heterocycles. The first-order valence-electron chi connectivity index (χ1n) is 6.73. The van der Waals surface area contributed by atoms with Crippen LogP contribution in [0.15, 0.2) is 23.6 Å². The van der Waals surface area contributed by atoms with Gasteiger partial charge in [0.05, 0.1) is 24.3 Å². The molecule has 26 heavy (non-hydrogen) atoms. The molecule has 0 saturated carbocycles. The largest absolute Gasteiger partial charge is 0.504 e. The number of non-ortho nitro benzene ring substituents is 1. The van der Waals surface area contributed by atoms with Crippen LogP contribution in [0.3, 0.4) is 0 Å². The number of nitro benzene ring substituents is 1. The van der Waals surface area contributed by atoms with Gasteiger partial charge in [0.25, 0.3) is 11.6 Å². The predicted octanol–water partition coefficient (Wildman–Crippen LogP) is -0.0410. The molecular weight excluding hydrogens is 354 g/mol. The molecule has 1 heterocycles. The summed E-state index contributed by atoms with van der Waals surface area (Å²) in [5.74, 6) is -1.89. The molecule has 0 fully saturated rings. The molecule has 136 valence electrons. The summed E-state index contributed by atoms with van der Waals surface area (Å²) in [5, 5.41) is 38.2. The molecule has 2 rings (SSSR count). The Bertz CT molecular complexity index is 892. The quantitative estimate of drug-likeness (QED) is 0.385. The third-order valence-electron chi connectivity index (χ3n) is 2.91. The van der Waals surface area contributed by atoms with Gasteiger partial charge in [0.2, 0.25) is 6.33 Å². The maximum Gasteiger partial charge on any atom is 0.490 e. The lowest BCUT2D eigenvalue weighted by Crippen LogP contribution is -2.23. The van der Waals surface area contributed by atoms with Gasteiger partial charge in [-0.25, -0.2) is 5.43 Å². The summed E-state index contributed by atoms with van der Waals surface area (Å²) in [7, 11) is 1.22. The van der Waals surface area contributed by atoms with E-state index in [4.69, 9.17) is 4.74 Å². The number of phenolic OH excluding ortho intramolecular Hbond substituents is 1. The van der Waals surface area contributed by atoms with Gasteiger partial charge in [0, 0.05) is 16.7 Å². The number of rotatable bonds is 7. The van der Waals surface area contributed by atoms with Gasteiger partial charge < -0.3 is 20.0 Å². The van der Waals surface area contributed by atoms with Crippen molar-refractivity contribution in [2.45, 2.75) is 6.54 Å². The Hall–Kier alpha value is -4.10. The van der Waals surface area contributed by atoms with Crippen molar-refractivity contribution in [2.24, 2.45) is 5.10 Å². The Morgan fingerprint density at radius 3 is 2.73 bits per heavy atom. The van der Waals surface area contributed by atoms with Crippen LogP contribution < -0.4 is 10.2 Å². The van der Waals surface area contributed by atoms with Crippen molar-refractivity contribution in [1.82, 2.24) is 20.2 Å². The second-order valence-corrected chi connectivity index (χ2v) is 4.64. The molecular formula is C12H11N7O7. The molecule has 0 atom stereocenters. The topological polar surface area (TPSA) is 188 Å². The van der Waals surface area contributed by atoms with Gasteiger partial charge in [-0.2, -0.15) is 9.78 Å². The van der Waals surface area contributed by atoms with Gasteiger partial charge in [0.1, 0.15) is 6.54 Å². The number of aromatic nitrogens is 3. The number of carbonyl (C=O) groups is 1. The fourth-order valence-corrected chi connectivity index (χ4v) is 1.77. The normalized spacial score (nSPS) is 10.7. The van der Waals surface area contributed by atoms with Gasteiger partial charge in [-0.3, -0.25) is 14.9 Å². The van der Waals surface area contributed by atoms with Gasteiger partial charge in [-0.15, -0.1) is 0 Å². The van der Waals surface area contributed by atoms with Crippen LogP contribution >= 0.6 is 0 Å². The van der Waals surface area contributed by atoms with E-state index in [1.807, 2.05) is 0 Å². The Labute approximate surface area is 144 Å². The average molecular weight is 365 g/mol. The first-order chi connectivity index (χ1) is 12.3. The zero-order valence-electron chi connectivity index (χ0n) is 13.1. The molecule has 1 amide bonds. The van der Waals surface area contributed by atoms with Gasteiger partial charge in [-0.05, 0) is 4.92 Å². The number of carbonyl (C=O) groups excluding carboxylic acids is 1. The number of amides is 1. The number of hydrogen-bond donors (Lipinski definition) is 2. The molecule has 2 aromatic rings. The summed E-state index contributed by atoms with van der Waals surface area (Å²) in [5.41, 5.74) is 1.67. The van der Waals surface area contributed by atoms with Crippen molar-refractivity contribution in [3.63, 3.8) is 0 Å². The van der Waals surface area contributed by atoms with Crippen LogP contribution in [0.1, 0.15) is 5.56 Å². The van der Waals surface area contributed by atoms with E-state index < -0.39 is 34.0 Å². The van der Waals surface area contributed by atoms with E-state index >= 15 is 0 Å². The third-order valence-corrected chi connectivity index (χ3v) is 2.91. The number of hydrazone groups is 1. The van der Waals surface area contributed by atoms with Crippen LogP contribution in [0.25, 0.3) is 0 Å². The minimum Gasteiger partial charge on any atom is -0.504 e. The fraction of sp³-hybridized carbons (Fsp3) is 0.167. The number of benzene rings is 1. The number of hydrogen-bond acceptors (Lipinski definition) is 10. The highest BCUT2D eigenvalue weighted by atomic mass is 16.6. The van der Waals surface area contributed by atoms with E-state index in [1.54, 1.807) is 0 Å². The van der Waals surface area contributed by atoms with Crippen molar-refractivity contribution >= 4 is 23.8 Å². The van der Waals surface area contributed by atoms with Crippen LogP contribution in [-0.4, -0.2) is 48.9 Å². The van der Waals surface area contributed by atoms with Gasteiger partial charge in [-0.1, -0.05) is 4.98 Å². The molecule has 0 radical (unpaired) electrons. The Morgan fingerprint density at radius 2 is 2.15 bits per heavy atom. The monoisotopic (exact) mass is 365 g/mol. The highest BCUT2D eigenvalue weighted by Crippen LogP contribution is 2.33. The Morgan fingerprint density at radius 1 is 1.42 bits per heavy atom. The van der Waals surface area contributed by atoms with Crippen LogP contribution in [0, 0.1) is 20.2 Å². The predicted molar refractivity (Wildman–Crippen MR) is 83.7 cm³/mol. The molecule has 0 aliphatic heterocycles. The summed E-state index contributed by atoms with van der Waals surface area (Å²) in [4.78, 5) is 34.9. The SMILES string of the molecule is COc1cc([N+](=O)[O-])cc(/C=N/NC(=O)Cn2cnc([N+](=O)[O-])n2)c1O. The first-order valence-corrected chi connectivity index (χ1v) is 6.73. The summed E-state index contributed by atoms with van der Waals surface area (Å²) < 4.78 is 5.75. The minimum atomic E-state index is -0.814. The van der Waals surface area contributed by atoms with Crippen molar-refractivity contribution in [3.8, 4) is 11.5 Å². The van der Waals surface area contributed by atoms with E-state index in [2.05, 4.69) is 20.6 Å². The van der Waals surface area contributed by atoms with Crippen LogP contribution in [-0.2, 0) is 11.3 Å². The molecule has 14 heteroatoms. The van der Waals surface area contributed by atoms with E-state index in [1.165, 1.54) is 7.11 Å². The zero-order valence-corrected chi connectivity index (χ0v) is 13.1. The van der Waals surface area contributed by atoms with E-state index in [-0.39, 0.29) is 17.0 Å². The third kappa shape index (κ3) is 4.25. The summed E-state index contributed by atoms with van der Waals surface area (Å²) in [6.45, 7) is -0.400. The second-order valence-electron chi connectivity index (χ2n) is 4.64. The average Bonchev–Trinajstić information content (AvgIpc) is 3.04. The lowest BCUT2D eigenvalue weighted by Gasteiger charge is -2.05. The van der Waals surface area contributed by atoms with Crippen LogP contribution in [0.5, 0.6) is 11.5 Å². The zero-order chi connectivity index (χ0) is 19.3. The number of ether oxygens (including phenoxy) is 1. The van der Waals surface area contributed by atoms with Crippen molar-refractivity contribution < 1.29 is 24.5 Å². The van der Waals surface area contributed by atoms with E-state index in [0.717, 1.165) is 29.4 Å². The highest BCUT2D eigenvalue weighted by Gasteiger charge is 2.17. The number of phenols is 1. The second kappa shape index (κ2) is 7.65. The van der Waals surface area contributed by atoms with E-state index in [0.29, 0.717) is 0 Å². The molecule has 0 aliphatic rings. The van der Waals surface area contributed by atoms with Crippen molar-refractivity contribution in [3.05, 3.63) is 44.3 Å². The van der Waals surface area contributed by atoms with Gasteiger partial charge in [0.15, 0.2) is 11.5 Å². The lowest BCUT2D eigenvalue weighted by atomic mass is 10.2. The maximum absolute atomic E-state index is 11.7. The highest BCUT2D eigenvalue weighted by molar-refractivity contribution is 5.87. The fourth-order valence-electron chi connectivity index (χ4n) is 1.77. The molecule has 1 aromatic heterocycles. The molecule has 1 aromatic carbocycles. The standard InChI is InChI=1S/C12H11N7O7/c1-26-9-3-8(18(22)23)2-7(11(9)21)4-14-15-10(20)5-17-6-13-12(16-17)19(24)25/h2-4,6,21H,5H2,1H3,(H,15,20)/b14-4+. The van der Waals surface area contributed by atoms with Gasteiger partial charge >= 0.3 is 5.95 Å². The minimum absolute atomic E-state index is 0.0623. The lowest BCUT2D eigenvalue weighted by molar-refractivity contribution is -0.394. The molecule has 2 N–H and O–H groups in total. The number of aromatic hydroxyl groups is 1. The summed E-state index contributed by atoms with van der Waals surface area (Å²) >= 11 is 0. The number of nitro groups is 2. The number of nitrogens with one attached hydrogen (secondary N) is 1. The summed E-state index contributed by atoms with van der Waals surface area (Å²) in [6, 6.07) is 2.07. The maximum atomic E-state index is 11.7. The van der Waals surface area contributed by atoms with Crippen molar-refractivity contribution in [1.29, 1.82) is 0 Å². The van der Waals surface area contributed by atoms with Crippen molar-refractivity contribution in [2.75, 3.05) is 7.11 Å². The molecule has 0 spiro atoms. The molecule has 0 unspecified atom stereocenters. The number of methoxy groups -OCH3 is 1. The number of nitrogens with zero attached hydrogens (tertiary/aromatic N) is 6. The first kappa shape index (κ1) is 18.2. The smallest absolute Gasteiger partial charge is 0.490 e. The van der Waals surface area contributed by atoms with Crippen LogP contribution in [0.4, 0.5) is 11.6 Å². The molecule has 14 nitrogen and oxygen atoms in total. The summed E-state index contributed by atoms with van der Waals surface area (Å²) in [6.07, 6.45) is 1.98.